The fourth-order valence-electron chi connectivity index (χ4n) is 10.0. The number of nitrogens with two attached hydrogens (primary N) is 2. The maximum atomic E-state index is 13.6. The normalized spacial score (nSPS) is 14.3. The number of benzene rings is 8. The van der Waals surface area contributed by atoms with E-state index in [9.17, 15) is 45.6 Å². The molecule has 0 bridgehead atoms. The van der Waals surface area contributed by atoms with Gasteiger partial charge in [0.25, 0.3) is 31.5 Å². The summed E-state index contributed by atoms with van der Waals surface area (Å²) in [6, 6.07) is 32.2. The van der Waals surface area contributed by atoms with Gasteiger partial charge in [-0.05, 0) is 136 Å². The highest BCUT2D eigenvalue weighted by Gasteiger charge is 2.36. The number of nitrogen functional groups attached to an aromatic ring is 2. The maximum Gasteiger partial charge on any atom is 0.346 e. The molecule has 0 saturated carbocycles. The predicted molar refractivity (Wildman–Crippen MR) is 304 cm³/mol. The number of nitrogens with zero attached hydrogens (tertiary/aromatic N) is 4. The second-order valence-electron chi connectivity index (χ2n) is 19.3. The number of carbonyl (C=O) groups excluding carboxylic acids is 5. The zero-order chi connectivity index (χ0) is 57.0. The second kappa shape index (κ2) is 18.8. The number of aromatic nitrogens is 2. The number of carbonyl (C=O) groups is 5. The third kappa shape index (κ3) is 8.44. The molecule has 13 rings (SSSR count). The lowest BCUT2D eigenvalue weighted by atomic mass is 9.89. The number of hydrogen-bond acceptors (Lipinski definition) is 16. The number of ether oxygens (including phenoxy) is 2. The van der Waals surface area contributed by atoms with Gasteiger partial charge < -0.3 is 20.9 Å². The van der Waals surface area contributed by atoms with Crippen molar-refractivity contribution in [2.45, 2.75) is 37.5 Å². The molecule has 0 aliphatic carbocycles. The van der Waals surface area contributed by atoms with Crippen molar-refractivity contribution in [2.24, 2.45) is 4.99 Å². The molecule has 2 aromatic heterocycles. The van der Waals surface area contributed by atoms with Crippen LogP contribution in [0.1, 0.15) is 81.0 Å². The summed E-state index contributed by atoms with van der Waals surface area (Å²) in [5.74, 6) is -2.69. The minimum atomic E-state index is -3.93. The van der Waals surface area contributed by atoms with Crippen molar-refractivity contribution >= 4 is 127 Å². The summed E-state index contributed by atoms with van der Waals surface area (Å²) in [5, 5.41) is 3.56. The van der Waals surface area contributed by atoms with Gasteiger partial charge in [-0.2, -0.15) is 0 Å². The van der Waals surface area contributed by atoms with Crippen molar-refractivity contribution in [3.63, 3.8) is 0 Å². The Balaban J connectivity index is 0.000000138. The number of fused-ring (bicyclic) bond motifs is 4. The quantitative estimate of drug-likeness (QED) is 0.0690. The molecule has 80 heavy (non-hydrogen) atoms. The Hall–Kier alpha value is -10.1. The number of esters is 4. The Morgan fingerprint density at radius 1 is 0.525 bits per heavy atom. The lowest BCUT2D eigenvalue weighted by molar-refractivity contribution is 0.0366. The van der Waals surface area contributed by atoms with Crippen LogP contribution in [0.15, 0.2) is 141 Å². The van der Waals surface area contributed by atoms with Gasteiger partial charge in [0, 0.05) is 59.0 Å². The lowest BCUT2D eigenvalue weighted by Gasteiger charge is -2.27. The fraction of sp³-hybridized carbons (Fsp3) is 0.103. The standard InChI is InChI=1S/C24H18N4O2.C20H22N4O4S2.C14H4O6.H2/c1-11-9-17-18(10-12(11)2)28-22(26-17)14-6-5-13-19-15(23(29)27(4)21(13)25-3)7-8-16(20(14)19)24(28)30;1-13-3-7-15(8-4-13)29(25,26)23-19-12-20(18(22)11-17(19)21)24-30(27,28)16-9-5-14(2)6-10-16;15-11-5-1-2-6-10-8(14(18)20-12(6)16)4-3-7(9(5)10)13(17)19-11;/h5-10H,1-4H3;3-12,23-24H,21-22H2,1-2H3;1-4H;1H/i;;;1+1. The SMILES string of the molecule is CN=C1c2ccc3c4c2c(ccc4c(=O)n2c4cc(C)c(C)cc4nc32)C(=O)N1C.Cc1ccc(S(=O)(=O)Nc2cc(NS(=O)(=O)c3ccc(C)cc3)c(N)cc2N)cc1.O=C1OC(=O)c2ccc3c4c(ccc1c24)C(=O)OC3=O.[2HH]. The number of sulfonamides is 2. The van der Waals surface area contributed by atoms with E-state index in [-0.39, 0.29) is 78.5 Å². The van der Waals surface area contributed by atoms with Gasteiger partial charge in [-0.3, -0.25) is 33.3 Å². The number of anilines is 4. The van der Waals surface area contributed by atoms with Crippen molar-refractivity contribution in [1.29, 1.82) is 0 Å². The Kier molecular flexibility index (Phi) is 12.3. The van der Waals surface area contributed by atoms with Gasteiger partial charge in [-0.25, -0.2) is 41.0 Å². The minimum absolute atomic E-state index is 0. The highest BCUT2D eigenvalue weighted by molar-refractivity contribution is 7.93. The fourth-order valence-corrected chi connectivity index (χ4v) is 12.2. The zero-order valence-electron chi connectivity index (χ0n) is 43.2. The average Bonchev–Trinajstić information content (AvgIpc) is 3.82. The molecule has 20 nitrogen and oxygen atoms in total. The first-order chi connectivity index (χ1) is 38.0. The molecule has 5 heterocycles. The molecule has 1 amide bonds. The monoisotopic (exact) mass is 1110 g/mol. The van der Waals surface area contributed by atoms with Gasteiger partial charge in [0.1, 0.15) is 11.5 Å². The number of imidazole rings is 1. The smallest absolute Gasteiger partial charge is 0.346 e. The third-order valence-corrected chi connectivity index (χ3v) is 17.0. The molecular weight excluding hydrogens is 1060 g/mol. The summed E-state index contributed by atoms with van der Waals surface area (Å²) in [5.41, 5.74) is 20.2. The van der Waals surface area contributed by atoms with Gasteiger partial charge in [0.05, 0.1) is 65.8 Å². The first kappa shape index (κ1) is 52.0. The molecule has 0 saturated heterocycles. The molecule has 0 radical (unpaired) electrons. The van der Waals surface area contributed by atoms with Crippen LogP contribution in [0.4, 0.5) is 22.7 Å². The van der Waals surface area contributed by atoms with E-state index in [1.54, 1.807) is 59.8 Å². The van der Waals surface area contributed by atoms with Crippen LogP contribution < -0.4 is 26.5 Å². The summed E-state index contributed by atoms with van der Waals surface area (Å²) < 4.78 is 66.3. The largest absolute Gasteiger partial charge is 0.397 e. The first-order valence-corrected chi connectivity index (χ1v) is 27.3. The van der Waals surface area contributed by atoms with E-state index in [4.69, 9.17) is 16.5 Å². The molecule has 0 atom stereocenters. The van der Waals surface area contributed by atoms with Gasteiger partial charge in [0.15, 0.2) is 0 Å². The third-order valence-electron chi connectivity index (χ3n) is 14.2. The molecule has 22 heteroatoms. The van der Waals surface area contributed by atoms with Crippen LogP contribution >= 0.6 is 0 Å². The molecule has 402 valence electrons. The molecular formula is C58H46N8O12S2. The number of aryl methyl sites for hydroxylation is 4. The second-order valence-corrected chi connectivity index (χ2v) is 22.6. The Morgan fingerprint density at radius 3 is 1.43 bits per heavy atom. The van der Waals surface area contributed by atoms with Gasteiger partial charge >= 0.3 is 23.9 Å². The van der Waals surface area contributed by atoms with Crippen LogP contribution in [0.5, 0.6) is 0 Å². The highest BCUT2D eigenvalue weighted by atomic mass is 32.2. The number of rotatable bonds is 6. The topological polar surface area (TPSA) is 298 Å². The molecule has 0 unspecified atom stereocenters. The molecule has 3 aliphatic rings. The van der Waals surface area contributed by atoms with E-state index >= 15 is 0 Å². The van der Waals surface area contributed by atoms with E-state index in [0.717, 1.165) is 55.0 Å². The molecule has 0 spiro atoms. The van der Waals surface area contributed by atoms with Crippen LogP contribution in [-0.4, -0.2) is 80.8 Å². The number of amides is 1. The molecule has 10 aromatic rings. The summed E-state index contributed by atoms with van der Waals surface area (Å²) in [7, 11) is -4.46. The summed E-state index contributed by atoms with van der Waals surface area (Å²) >= 11 is 0. The summed E-state index contributed by atoms with van der Waals surface area (Å²) in [4.78, 5) is 84.3. The molecule has 6 N–H and O–H groups in total. The van der Waals surface area contributed by atoms with E-state index in [2.05, 4.69) is 23.9 Å². The van der Waals surface area contributed by atoms with Crippen molar-refractivity contribution in [3.8, 4) is 0 Å². The number of nitrogens with one attached hydrogen (secondary N) is 2. The zero-order valence-corrected chi connectivity index (χ0v) is 44.8. The highest BCUT2D eigenvalue weighted by Crippen LogP contribution is 2.39. The van der Waals surface area contributed by atoms with Gasteiger partial charge in [-0.1, -0.05) is 35.4 Å². The van der Waals surface area contributed by atoms with E-state index in [0.29, 0.717) is 22.4 Å². The number of cyclic esters (lactones) is 4. The number of pyridine rings is 1. The predicted octanol–water partition coefficient (Wildman–Crippen LogP) is 8.45. The number of aliphatic imine (C=N–C) groups is 1. The summed E-state index contributed by atoms with van der Waals surface area (Å²) in [6.45, 7) is 7.76. The Labute approximate surface area is 456 Å². The van der Waals surface area contributed by atoms with Gasteiger partial charge in [-0.15, -0.1) is 0 Å². The first-order valence-electron chi connectivity index (χ1n) is 24.4. The van der Waals surface area contributed by atoms with Crippen molar-refractivity contribution < 1.29 is 51.7 Å². The summed E-state index contributed by atoms with van der Waals surface area (Å²) in [6.07, 6.45) is 0. The van der Waals surface area contributed by atoms with Crippen molar-refractivity contribution in [1.82, 2.24) is 14.3 Å². The Bertz CT molecular complexity index is 4560. The van der Waals surface area contributed by atoms with E-state index in [1.165, 1.54) is 60.7 Å². The van der Waals surface area contributed by atoms with Crippen molar-refractivity contribution in [2.75, 3.05) is 35.0 Å². The van der Waals surface area contributed by atoms with E-state index in [1.807, 2.05) is 52.0 Å². The van der Waals surface area contributed by atoms with Gasteiger partial charge in [0.2, 0.25) is 0 Å². The minimum Gasteiger partial charge on any atom is -0.397 e. The van der Waals surface area contributed by atoms with Crippen molar-refractivity contribution in [3.05, 3.63) is 187 Å². The van der Waals surface area contributed by atoms with Crippen LogP contribution in [0, 0.1) is 27.7 Å². The number of amidine groups is 1. The van der Waals surface area contributed by atoms with Crippen LogP contribution in [0.25, 0.3) is 49.0 Å². The maximum absolute atomic E-state index is 13.6. The van der Waals surface area contributed by atoms with Crippen LogP contribution in [-0.2, 0) is 29.5 Å². The molecule has 8 aromatic carbocycles. The van der Waals surface area contributed by atoms with Crippen LogP contribution in [0.2, 0.25) is 0 Å². The lowest BCUT2D eigenvalue weighted by Crippen LogP contribution is -2.37. The Morgan fingerprint density at radius 2 is 0.950 bits per heavy atom. The molecule has 3 aliphatic heterocycles. The molecule has 0 fully saturated rings. The van der Waals surface area contributed by atoms with Crippen LogP contribution in [0.3, 0.4) is 0 Å². The average molecular weight is 1110 g/mol. The van der Waals surface area contributed by atoms with E-state index < -0.39 is 43.9 Å². The number of hydrogen-bond donors (Lipinski definition) is 4.